The summed E-state index contributed by atoms with van der Waals surface area (Å²) in [6, 6.07) is 12.8. The molecule has 0 fully saturated rings. The van der Waals surface area contributed by atoms with Crippen molar-refractivity contribution in [3.63, 3.8) is 0 Å². The van der Waals surface area contributed by atoms with Gasteiger partial charge in [0.25, 0.3) is 0 Å². The average molecular weight is 338 g/mol. The Bertz CT molecular complexity index is 1060. The van der Waals surface area contributed by atoms with Gasteiger partial charge in [0, 0.05) is 17.0 Å². The third-order valence-corrected chi connectivity index (χ3v) is 3.90. The molecule has 0 aliphatic carbocycles. The lowest BCUT2D eigenvalue weighted by Crippen LogP contribution is -2.14. The van der Waals surface area contributed by atoms with Gasteiger partial charge in [-0.1, -0.05) is 30.3 Å². The number of carbonyl (C=O) groups excluding carboxylic acids is 1. The van der Waals surface area contributed by atoms with Crippen molar-refractivity contribution in [1.82, 2.24) is 0 Å². The molecule has 4 nitrogen and oxygen atoms in total. The standard InChI is InChI=1S/C20H15FO4/c1-11(22)17(12(2)23)19-18(13-6-4-3-5-7-13)15-9-8-14(21)10-16(15)25-20(19)24/h3-10,22H,1-2H3/b17-11+. The maximum absolute atomic E-state index is 13.6. The minimum atomic E-state index is -0.810. The van der Waals surface area contributed by atoms with Gasteiger partial charge in [-0.3, -0.25) is 4.79 Å². The number of aliphatic hydroxyl groups is 1. The second kappa shape index (κ2) is 6.36. The molecule has 0 aliphatic rings. The Balaban J connectivity index is 2.55. The van der Waals surface area contributed by atoms with Crippen molar-refractivity contribution >= 4 is 22.3 Å². The van der Waals surface area contributed by atoms with Crippen LogP contribution in [0.3, 0.4) is 0 Å². The fraction of sp³-hybridized carbons (Fsp3) is 0.100. The van der Waals surface area contributed by atoms with Gasteiger partial charge in [0.1, 0.15) is 17.2 Å². The molecule has 0 bridgehead atoms. The number of allylic oxidation sites excluding steroid dienone is 2. The number of ketones is 1. The number of hydrogen-bond acceptors (Lipinski definition) is 4. The molecule has 0 atom stereocenters. The lowest BCUT2D eigenvalue weighted by molar-refractivity contribution is -0.111. The lowest BCUT2D eigenvalue weighted by atomic mass is 9.91. The first kappa shape index (κ1) is 16.6. The predicted molar refractivity (Wildman–Crippen MR) is 93.8 cm³/mol. The number of aliphatic hydroxyl groups excluding tert-OH is 1. The largest absolute Gasteiger partial charge is 0.512 e. The van der Waals surface area contributed by atoms with Crippen molar-refractivity contribution < 1.29 is 18.7 Å². The molecular weight excluding hydrogens is 323 g/mol. The summed E-state index contributed by atoms with van der Waals surface area (Å²) >= 11 is 0. The number of hydrogen-bond donors (Lipinski definition) is 1. The van der Waals surface area contributed by atoms with Crippen molar-refractivity contribution in [3.05, 3.63) is 76.1 Å². The van der Waals surface area contributed by atoms with Gasteiger partial charge in [-0.25, -0.2) is 9.18 Å². The molecule has 1 aromatic heterocycles. The Labute approximate surface area is 142 Å². The Morgan fingerprint density at radius 2 is 1.76 bits per heavy atom. The molecule has 0 spiro atoms. The van der Waals surface area contributed by atoms with Gasteiger partial charge in [-0.05, 0) is 31.5 Å². The van der Waals surface area contributed by atoms with Gasteiger partial charge in [0.15, 0.2) is 5.78 Å². The van der Waals surface area contributed by atoms with E-state index in [1.54, 1.807) is 24.3 Å². The van der Waals surface area contributed by atoms with Gasteiger partial charge in [-0.15, -0.1) is 0 Å². The first-order chi connectivity index (χ1) is 11.9. The van der Waals surface area contributed by atoms with Crippen LogP contribution >= 0.6 is 0 Å². The van der Waals surface area contributed by atoms with Crippen LogP contribution in [0.15, 0.2) is 63.5 Å². The third-order valence-electron chi connectivity index (χ3n) is 3.90. The molecule has 0 amide bonds. The summed E-state index contributed by atoms with van der Waals surface area (Å²) in [6.45, 7) is 2.60. The Kier molecular flexibility index (Phi) is 4.23. The summed E-state index contributed by atoms with van der Waals surface area (Å²) in [5.74, 6) is -1.28. The summed E-state index contributed by atoms with van der Waals surface area (Å²) in [6.07, 6.45) is 0. The molecule has 0 saturated carbocycles. The number of rotatable bonds is 3. The minimum absolute atomic E-state index is 0.0298. The Morgan fingerprint density at radius 1 is 1.08 bits per heavy atom. The molecule has 25 heavy (non-hydrogen) atoms. The number of carbonyl (C=O) groups is 1. The van der Waals surface area contributed by atoms with E-state index in [0.29, 0.717) is 16.5 Å². The van der Waals surface area contributed by atoms with E-state index in [0.717, 1.165) is 6.07 Å². The lowest BCUT2D eigenvalue weighted by Gasteiger charge is -2.13. The highest BCUT2D eigenvalue weighted by molar-refractivity contribution is 6.22. The fourth-order valence-corrected chi connectivity index (χ4v) is 2.92. The monoisotopic (exact) mass is 338 g/mol. The van der Waals surface area contributed by atoms with Crippen molar-refractivity contribution in [2.24, 2.45) is 0 Å². The zero-order valence-corrected chi connectivity index (χ0v) is 13.7. The molecule has 1 N–H and O–H groups in total. The van der Waals surface area contributed by atoms with Crippen molar-refractivity contribution in [3.8, 4) is 11.1 Å². The Morgan fingerprint density at radius 3 is 2.36 bits per heavy atom. The van der Waals surface area contributed by atoms with Crippen molar-refractivity contribution in [2.45, 2.75) is 13.8 Å². The first-order valence-electron chi connectivity index (χ1n) is 7.63. The van der Waals surface area contributed by atoms with Crippen LogP contribution in [0.25, 0.3) is 27.7 Å². The van der Waals surface area contributed by atoms with Gasteiger partial charge >= 0.3 is 5.63 Å². The topological polar surface area (TPSA) is 67.5 Å². The van der Waals surface area contributed by atoms with Gasteiger partial charge in [0.2, 0.25) is 0 Å². The zero-order valence-electron chi connectivity index (χ0n) is 13.7. The highest BCUT2D eigenvalue weighted by atomic mass is 19.1. The van der Waals surface area contributed by atoms with Crippen LogP contribution in [0.4, 0.5) is 4.39 Å². The molecule has 0 radical (unpaired) electrons. The molecule has 0 aliphatic heterocycles. The van der Waals surface area contributed by atoms with Gasteiger partial charge in [0.05, 0.1) is 11.1 Å². The predicted octanol–water partition coefficient (Wildman–Crippen LogP) is 4.48. The number of fused-ring (bicyclic) bond motifs is 1. The fourth-order valence-electron chi connectivity index (χ4n) is 2.92. The molecule has 0 saturated heterocycles. The van der Waals surface area contributed by atoms with Crippen LogP contribution in [0.2, 0.25) is 0 Å². The van der Waals surface area contributed by atoms with E-state index in [9.17, 15) is 19.1 Å². The molecule has 5 heteroatoms. The summed E-state index contributed by atoms with van der Waals surface area (Å²) in [5.41, 5.74) is 0.200. The molecule has 1 heterocycles. The molecule has 126 valence electrons. The second-order valence-electron chi connectivity index (χ2n) is 5.66. The minimum Gasteiger partial charge on any atom is -0.512 e. The average Bonchev–Trinajstić information content (AvgIpc) is 2.55. The number of Topliss-reactive ketones (excluding diaryl/α,β-unsaturated/α-hetero) is 1. The Hall–Kier alpha value is -3.21. The SMILES string of the molecule is CC(=O)/C(=C(/C)O)c1c(-c2ccccc2)c2ccc(F)cc2oc1=O. The van der Waals surface area contributed by atoms with Crippen LogP contribution in [-0.2, 0) is 4.79 Å². The zero-order chi connectivity index (χ0) is 18.1. The summed E-state index contributed by atoms with van der Waals surface area (Å²) in [7, 11) is 0. The van der Waals surface area contributed by atoms with Crippen molar-refractivity contribution in [1.29, 1.82) is 0 Å². The van der Waals surface area contributed by atoms with Gasteiger partial charge < -0.3 is 9.52 Å². The van der Waals surface area contributed by atoms with Crippen LogP contribution in [0.1, 0.15) is 19.4 Å². The highest BCUT2D eigenvalue weighted by Crippen LogP contribution is 2.35. The number of benzene rings is 2. The maximum atomic E-state index is 13.6. The van der Waals surface area contributed by atoms with Crippen LogP contribution in [-0.4, -0.2) is 10.9 Å². The molecular formula is C20H15FO4. The normalized spacial score (nSPS) is 12.1. The smallest absolute Gasteiger partial charge is 0.345 e. The summed E-state index contributed by atoms with van der Waals surface area (Å²) < 4.78 is 18.8. The van der Waals surface area contributed by atoms with Crippen molar-refractivity contribution in [2.75, 3.05) is 0 Å². The van der Waals surface area contributed by atoms with E-state index < -0.39 is 17.2 Å². The first-order valence-corrected chi connectivity index (χ1v) is 7.63. The molecule has 3 rings (SSSR count). The van der Waals surface area contributed by atoms with E-state index >= 15 is 0 Å². The van der Waals surface area contributed by atoms with Crippen LogP contribution in [0.5, 0.6) is 0 Å². The van der Waals surface area contributed by atoms with Gasteiger partial charge in [-0.2, -0.15) is 0 Å². The van der Waals surface area contributed by atoms with E-state index in [1.807, 2.05) is 6.07 Å². The van der Waals surface area contributed by atoms with E-state index in [1.165, 1.54) is 26.0 Å². The molecule has 2 aromatic carbocycles. The quantitative estimate of drug-likeness (QED) is 0.434. The molecule has 0 unspecified atom stereocenters. The highest BCUT2D eigenvalue weighted by Gasteiger charge is 2.24. The van der Waals surface area contributed by atoms with E-state index in [-0.39, 0.29) is 22.5 Å². The number of halogens is 1. The van der Waals surface area contributed by atoms with E-state index in [4.69, 9.17) is 4.42 Å². The van der Waals surface area contributed by atoms with Crippen LogP contribution in [0, 0.1) is 5.82 Å². The third kappa shape index (κ3) is 2.96. The second-order valence-corrected chi connectivity index (χ2v) is 5.66. The summed E-state index contributed by atoms with van der Waals surface area (Å²) in [5, 5.41) is 10.4. The van der Waals surface area contributed by atoms with E-state index in [2.05, 4.69) is 0 Å². The summed E-state index contributed by atoms with van der Waals surface area (Å²) in [4.78, 5) is 24.7. The molecule has 3 aromatic rings. The maximum Gasteiger partial charge on any atom is 0.345 e. The van der Waals surface area contributed by atoms with Crippen LogP contribution < -0.4 is 5.63 Å².